The zero-order chi connectivity index (χ0) is 15.3. The summed E-state index contributed by atoms with van der Waals surface area (Å²) in [6.45, 7) is 4.18. The summed E-state index contributed by atoms with van der Waals surface area (Å²) >= 11 is 0. The second-order valence-electron chi connectivity index (χ2n) is 7.88. The topological polar surface area (TPSA) is 63.2 Å². The van der Waals surface area contributed by atoms with Crippen molar-refractivity contribution in [2.45, 2.75) is 71.3 Å². The Bertz CT molecular complexity index is 534. The van der Waals surface area contributed by atoms with Gasteiger partial charge in [0.25, 0.3) is 0 Å². The molecule has 0 amide bonds. The summed E-state index contributed by atoms with van der Waals surface area (Å²) in [5.41, 5.74) is -0.816. The van der Waals surface area contributed by atoms with Gasteiger partial charge in [0, 0.05) is 17.9 Å². The molecular weight excluding hydrogens is 286 g/mol. The smallest absolute Gasteiger partial charge is 0.212 e. The molecule has 0 aromatic rings. The van der Waals surface area contributed by atoms with Crippen molar-refractivity contribution in [2.24, 2.45) is 16.7 Å². The summed E-state index contributed by atoms with van der Waals surface area (Å²) in [6.07, 6.45) is 7.60. The highest BCUT2D eigenvalue weighted by Crippen LogP contribution is 2.64. The van der Waals surface area contributed by atoms with E-state index in [1.807, 2.05) is 0 Å². The number of Topliss-reactive ketones (excluding diaryl/α,β-unsaturated/α-hetero) is 1. The number of rotatable bonds is 4. The number of carbonyl (C=O) groups is 1. The predicted octanol–water partition coefficient (Wildman–Crippen LogP) is 2.63. The Morgan fingerprint density at radius 1 is 1.14 bits per heavy atom. The van der Waals surface area contributed by atoms with Gasteiger partial charge in [-0.2, -0.15) is 0 Å². The zero-order valence-electron chi connectivity index (χ0n) is 13.2. The minimum Gasteiger partial charge on any atom is -0.299 e. The molecule has 4 nitrogen and oxygen atoms in total. The van der Waals surface area contributed by atoms with Crippen LogP contribution in [-0.4, -0.2) is 26.0 Å². The Hall–Kier alpha value is -0.420. The second-order valence-corrected chi connectivity index (χ2v) is 9.63. The maximum Gasteiger partial charge on any atom is 0.212 e. The van der Waals surface area contributed by atoms with Crippen molar-refractivity contribution in [3.05, 3.63) is 0 Å². The third-order valence-corrected chi connectivity index (χ3v) is 8.09. The molecule has 21 heavy (non-hydrogen) atoms. The molecule has 3 saturated carbocycles. The Morgan fingerprint density at radius 2 is 1.81 bits per heavy atom. The summed E-state index contributed by atoms with van der Waals surface area (Å²) in [5.74, 6) is 0.548. The lowest BCUT2D eigenvalue weighted by Gasteiger charge is -2.36. The summed E-state index contributed by atoms with van der Waals surface area (Å²) in [4.78, 5) is 12.5. The van der Waals surface area contributed by atoms with Crippen molar-refractivity contribution in [1.82, 2.24) is 4.72 Å². The van der Waals surface area contributed by atoms with Gasteiger partial charge in [-0.1, -0.05) is 33.1 Å². The number of fused-ring (bicyclic) bond motifs is 2. The molecule has 3 fully saturated rings. The van der Waals surface area contributed by atoms with Crippen LogP contribution in [0.4, 0.5) is 0 Å². The summed E-state index contributed by atoms with van der Waals surface area (Å²) in [5, 5.41) is 0. The fourth-order valence-corrected chi connectivity index (χ4v) is 7.10. The molecule has 0 heterocycles. The van der Waals surface area contributed by atoms with Crippen LogP contribution in [0.15, 0.2) is 0 Å². The number of carbonyl (C=O) groups excluding carboxylic acids is 1. The van der Waals surface area contributed by atoms with E-state index in [1.54, 1.807) is 0 Å². The van der Waals surface area contributed by atoms with Gasteiger partial charge < -0.3 is 0 Å². The number of nitrogens with one attached hydrogen (secondary N) is 1. The number of hydrogen-bond acceptors (Lipinski definition) is 3. The first-order valence-electron chi connectivity index (χ1n) is 8.30. The third kappa shape index (κ3) is 2.46. The lowest BCUT2D eigenvalue weighted by Crippen LogP contribution is -2.47. The first-order chi connectivity index (χ1) is 9.77. The molecule has 0 radical (unpaired) electrons. The highest BCUT2D eigenvalue weighted by Gasteiger charge is 2.65. The van der Waals surface area contributed by atoms with Gasteiger partial charge in [-0.05, 0) is 37.0 Å². The quantitative estimate of drug-likeness (QED) is 0.868. The van der Waals surface area contributed by atoms with Gasteiger partial charge in [-0.25, -0.2) is 13.1 Å². The molecule has 120 valence electrons. The average molecular weight is 313 g/mol. The van der Waals surface area contributed by atoms with Crippen LogP contribution in [0.25, 0.3) is 0 Å². The van der Waals surface area contributed by atoms with Crippen molar-refractivity contribution in [1.29, 1.82) is 0 Å². The molecular formula is C16H27NO3S. The first kappa shape index (κ1) is 15.5. The van der Waals surface area contributed by atoms with Crippen LogP contribution >= 0.6 is 0 Å². The molecule has 0 aliphatic heterocycles. The van der Waals surface area contributed by atoms with E-state index in [4.69, 9.17) is 0 Å². The van der Waals surface area contributed by atoms with Crippen LogP contribution < -0.4 is 4.72 Å². The lowest BCUT2D eigenvalue weighted by atomic mass is 9.70. The van der Waals surface area contributed by atoms with Crippen LogP contribution in [0, 0.1) is 16.7 Å². The van der Waals surface area contributed by atoms with E-state index in [0.717, 1.165) is 38.5 Å². The normalized spacial score (nSPS) is 36.3. The SMILES string of the molecule is CC1(C)[C@H]2CC[C@]1(CS(=O)(=O)NC1CCCCC1)C(=O)C2. The molecule has 0 unspecified atom stereocenters. The van der Waals surface area contributed by atoms with Gasteiger partial charge in [0.2, 0.25) is 10.0 Å². The first-order valence-corrected chi connectivity index (χ1v) is 9.95. The molecule has 0 aromatic heterocycles. The van der Waals surface area contributed by atoms with Gasteiger partial charge >= 0.3 is 0 Å². The van der Waals surface area contributed by atoms with Crippen LogP contribution in [0.5, 0.6) is 0 Å². The predicted molar refractivity (Wildman–Crippen MR) is 82.4 cm³/mol. The highest BCUT2D eigenvalue weighted by atomic mass is 32.2. The zero-order valence-corrected chi connectivity index (χ0v) is 14.0. The van der Waals surface area contributed by atoms with Gasteiger partial charge in [0.1, 0.15) is 5.78 Å². The summed E-state index contributed by atoms with van der Waals surface area (Å²) in [6, 6.07) is 0.0805. The number of hydrogen-bond donors (Lipinski definition) is 1. The molecule has 5 heteroatoms. The number of sulfonamides is 1. The standard InChI is InChI=1S/C16H27NO3S/c1-15(2)12-8-9-16(15,14(18)10-12)11-21(19,20)17-13-6-4-3-5-7-13/h12-13,17H,3-11H2,1-2H3/t12-,16-/m0/s1. The Morgan fingerprint density at radius 3 is 2.33 bits per heavy atom. The van der Waals surface area contributed by atoms with Crippen LogP contribution in [0.3, 0.4) is 0 Å². The van der Waals surface area contributed by atoms with Crippen LogP contribution in [-0.2, 0) is 14.8 Å². The van der Waals surface area contributed by atoms with E-state index >= 15 is 0 Å². The monoisotopic (exact) mass is 313 g/mol. The summed E-state index contributed by atoms with van der Waals surface area (Å²) in [7, 11) is -3.38. The van der Waals surface area contributed by atoms with E-state index in [2.05, 4.69) is 18.6 Å². The third-order valence-electron chi connectivity index (χ3n) is 6.53. The van der Waals surface area contributed by atoms with Crippen LogP contribution in [0.2, 0.25) is 0 Å². The maximum atomic E-state index is 12.6. The van der Waals surface area contributed by atoms with Gasteiger partial charge in [0.15, 0.2) is 0 Å². The lowest BCUT2D eigenvalue weighted by molar-refractivity contribution is -0.128. The fourth-order valence-electron chi connectivity index (χ4n) is 4.95. The van der Waals surface area contributed by atoms with Crippen LogP contribution in [0.1, 0.15) is 65.2 Å². The van der Waals surface area contributed by atoms with E-state index < -0.39 is 15.4 Å². The van der Waals surface area contributed by atoms with E-state index in [-0.39, 0.29) is 23.0 Å². The van der Waals surface area contributed by atoms with E-state index in [1.165, 1.54) is 6.42 Å². The molecule has 2 bridgehead atoms. The Balaban J connectivity index is 1.76. The van der Waals surface area contributed by atoms with Crippen molar-refractivity contribution in [3.63, 3.8) is 0 Å². The molecule has 0 aromatic carbocycles. The fraction of sp³-hybridized carbons (Fsp3) is 0.938. The van der Waals surface area contributed by atoms with Crippen molar-refractivity contribution < 1.29 is 13.2 Å². The van der Waals surface area contributed by atoms with Gasteiger partial charge in [-0.15, -0.1) is 0 Å². The molecule has 3 aliphatic carbocycles. The highest BCUT2D eigenvalue weighted by molar-refractivity contribution is 7.89. The molecule has 3 rings (SSSR count). The minimum absolute atomic E-state index is 0.00116. The van der Waals surface area contributed by atoms with Crippen molar-refractivity contribution in [3.8, 4) is 0 Å². The van der Waals surface area contributed by atoms with Crippen molar-refractivity contribution >= 4 is 15.8 Å². The molecule has 0 saturated heterocycles. The molecule has 0 spiro atoms. The molecule has 1 N–H and O–H groups in total. The summed E-state index contributed by atoms with van der Waals surface area (Å²) < 4.78 is 28.1. The van der Waals surface area contributed by atoms with Crippen molar-refractivity contribution in [2.75, 3.05) is 5.75 Å². The molecule has 3 aliphatic rings. The number of ketones is 1. The van der Waals surface area contributed by atoms with Gasteiger partial charge in [0.05, 0.1) is 5.75 Å². The molecule has 2 atom stereocenters. The minimum atomic E-state index is -3.38. The van der Waals surface area contributed by atoms with E-state index in [9.17, 15) is 13.2 Å². The largest absolute Gasteiger partial charge is 0.299 e. The second kappa shape index (κ2) is 5.05. The average Bonchev–Trinajstić information content (AvgIpc) is 2.72. The van der Waals surface area contributed by atoms with E-state index in [0.29, 0.717) is 12.3 Å². The van der Waals surface area contributed by atoms with Gasteiger partial charge in [-0.3, -0.25) is 4.79 Å². The Labute approximate surface area is 128 Å². The maximum absolute atomic E-state index is 12.6. The Kier molecular flexibility index (Phi) is 3.72.